The Labute approximate surface area is 213 Å². The number of nitrogens with one attached hydrogen (secondary N) is 1. The molecule has 0 aliphatic carbocycles. The maximum absolute atomic E-state index is 13.5. The van der Waals surface area contributed by atoms with Crippen LogP contribution in [0.15, 0.2) is 47.4 Å². The van der Waals surface area contributed by atoms with Crippen LogP contribution in [0.4, 0.5) is 5.69 Å². The maximum atomic E-state index is 13.5. The molecular weight excluding hydrogens is 506 g/mol. The summed E-state index contributed by atoms with van der Waals surface area (Å²) in [5, 5.41) is 9.77. The summed E-state index contributed by atoms with van der Waals surface area (Å²) in [6.45, 7) is 5.28. The molecule has 0 aromatic heterocycles. The number of aryl methyl sites for hydroxylation is 1. The van der Waals surface area contributed by atoms with Crippen molar-refractivity contribution in [1.29, 1.82) is 0 Å². The Kier molecular flexibility index (Phi) is 8.33. The quantitative estimate of drug-likeness (QED) is 0.523. The monoisotopic (exact) mass is 539 g/mol. The Bertz CT molecular complexity index is 1310. The van der Waals surface area contributed by atoms with E-state index < -0.39 is 38.1 Å². The summed E-state index contributed by atoms with van der Waals surface area (Å²) in [6.07, 6.45) is 0.370. The number of carbonyl (C=O) groups is 1. The van der Waals surface area contributed by atoms with Gasteiger partial charge in [-0.2, -0.15) is 0 Å². The maximum Gasteiger partial charge on any atom is 0.262 e. The van der Waals surface area contributed by atoms with Gasteiger partial charge in [-0.25, -0.2) is 21.1 Å². The topological polar surface area (TPSA) is 133 Å². The number of anilines is 1. The highest BCUT2D eigenvalue weighted by Crippen LogP contribution is 2.36. The highest BCUT2D eigenvalue weighted by Gasteiger charge is 2.35. The summed E-state index contributed by atoms with van der Waals surface area (Å²) >= 11 is 0. The number of carbonyl (C=O) groups excluding carboxylic acids is 1. The first-order chi connectivity index (χ1) is 16.7. The zero-order chi connectivity index (χ0) is 26.8. The molecule has 3 atom stereocenters. The van der Waals surface area contributed by atoms with Crippen molar-refractivity contribution in [2.24, 2.45) is 5.92 Å². The predicted molar refractivity (Wildman–Crippen MR) is 137 cm³/mol. The molecule has 2 aromatic rings. The van der Waals surface area contributed by atoms with Gasteiger partial charge in [0.05, 0.1) is 41.6 Å². The van der Waals surface area contributed by atoms with Crippen LogP contribution in [-0.2, 0) is 20.0 Å². The molecule has 3 rings (SSSR count). The molecule has 2 N–H and O–H groups in total. The summed E-state index contributed by atoms with van der Waals surface area (Å²) in [7, 11) is -6.11. The molecule has 0 saturated carbocycles. The second kappa shape index (κ2) is 10.8. The molecule has 0 radical (unpaired) electrons. The van der Waals surface area contributed by atoms with Crippen LogP contribution in [0.3, 0.4) is 0 Å². The normalized spacial score (nSPS) is 19.8. The zero-order valence-corrected chi connectivity index (χ0v) is 22.6. The number of fused-ring (bicyclic) bond motifs is 1. The Morgan fingerprint density at radius 2 is 1.81 bits per heavy atom. The zero-order valence-electron chi connectivity index (χ0n) is 21.0. The number of ether oxygens (including phenoxy) is 1. The Hall–Kier alpha value is -2.67. The fourth-order valence-electron chi connectivity index (χ4n) is 3.85. The van der Waals surface area contributed by atoms with E-state index in [2.05, 4.69) is 4.72 Å². The Balaban J connectivity index is 2.11. The van der Waals surface area contributed by atoms with Gasteiger partial charge in [-0.15, -0.1) is 0 Å². The number of hydrogen-bond donors (Lipinski definition) is 2. The highest BCUT2D eigenvalue weighted by molar-refractivity contribution is 7.92. The van der Waals surface area contributed by atoms with E-state index in [0.29, 0.717) is 0 Å². The van der Waals surface area contributed by atoms with Gasteiger partial charge in [-0.3, -0.25) is 9.52 Å². The van der Waals surface area contributed by atoms with E-state index in [1.807, 2.05) is 13.8 Å². The van der Waals surface area contributed by atoms with E-state index in [1.54, 1.807) is 19.1 Å². The third-order valence-corrected chi connectivity index (χ3v) is 8.93. The fourth-order valence-corrected chi connectivity index (χ4v) is 5.33. The van der Waals surface area contributed by atoms with Crippen molar-refractivity contribution in [3.63, 3.8) is 0 Å². The van der Waals surface area contributed by atoms with E-state index >= 15 is 0 Å². The number of hydrogen-bond acceptors (Lipinski definition) is 7. The van der Waals surface area contributed by atoms with Gasteiger partial charge < -0.3 is 14.7 Å². The SMILES string of the molecule is Cc1ccc(S(=O)(=O)Nc2cccc3c2O[C@H](CN(C)S(C)(=O)=O)[C@H](C)CN([C@H](C)CO)C3=O)cc1. The van der Waals surface area contributed by atoms with Gasteiger partial charge in [0, 0.05) is 19.5 Å². The first-order valence-electron chi connectivity index (χ1n) is 11.5. The molecule has 36 heavy (non-hydrogen) atoms. The van der Waals surface area contributed by atoms with Crippen LogP contribution in [0.1, 0.15) is 29.8 Å². The van der Waals surface area contributed by atoms with Gasteiger partial charge in [0.25, 0.3) is 15.9 Å². The van der Waals surface area contributed by atoms with Crippen LogP contribution in [0.25, 0.3) is 0 Å². The Morgan fingerprint density at radius 3 is 2.39 bits per heavy atom. The molecule has 1 aliphatic rings. The van der Waals surface area contributed by atoms with Gasteiger partial charge in [0.2, 0.25) is 10.0 Å². The van der Waals surface area contributed by atoms with Crippen LogP contribution in [-0.4, -0.2) is 82.2 Å². The Morgan fingerprint density at radius 1 is 1.17 bits per heavy atom. The lowest BCUT2D eigenvalue weighted by atomic mass is 9.99. The van der Waals surface area contributed by atoms with E-state index in [4.69, 9.17) is 4.74 Å². The standard InChI is InChI=1S/C24H33N3O7S2/c1-16-9-11-19(12-10-16)36(32,33)25-21-8-6-7-20-23(21)34-22(14-26(4)35(5,30)31)17(2)13-27(24(20)29)18(3)15-28/h6-12,17-18,22,25,28H,13-15H2,1-5H3/t17-,18-,22-/m1/s1. The van der Waals surface area contributed by atoms with Crippen LogP contribution in [0.5, 0.6) is 5.75 Å². The molecule has 0 fully saturated rings. The van der Waals surface area contributed by atoms with Crippen molar-refractivity contribution in [2.45, 2.75) is 37.8 Å². The van der Waals surface area contributed by atoms with Crippen LogP contribution < -0.4 is 9.46 Å². The number of para-hydroxylation sites is 1. The van der Waals surface area contributed by atoms with Crippen LogP contribution >= 0.6 is 0 Å². The lowest BCUT2D eigenvalue weighted by molar-refractivity contribution is 0.0389. The number of nitrogens with zero attached hydrogens (tertiary/aromatic N) is 2. The molecule has 10 nitrogen and oxygen atoms in total. The molecule has 1 aliphatic heterocycles. The summed E-state index contributed by atoms with van der Waals surface area (Å²) < 4.78 is 60.4. The number of likely N-dealkylation sites (N-methyl/N-ethyl adjacent to an activating group) is 1. The van der Waals surface area contributed by atoms with Crippen molar-refractivity contribution < 1.29 is 31.5 Å². The van der Waals surface area contributed by atoms with E-state index in [9.17, 15) is 26.7 Å². The summed E-state index contributed by atoms with van der Waals surface area (Å²) in [5.41, 5.74) is 1.06. The van der Waals surface area contributed by atoms with Crippen molar-refractivity contribution in [3.8, 4) is 5.75 Å². The summed E-state index contributed by atoms with van der Waals surface area (Å²) in [5.74, 6) is -0.765. The number of aliphatic hydroxyl groups is 1. The van der Waals surface area contributed by atoms with Crippen LogP contribution in [0.2, 0.25) is 0 Å². The van der Waals surface area contributed by atoms with E-state index in [0.717, 1.165) is 16.1 Å². The van der Waals surface area contributed by atoms with Gasteiger partial charge in [-0.05, 0) is 38.1 Å². The number of benzene rings is 2. The first-order valence-corrected chi connectivity index (χ1v) is 14.8. The molecule has 1 amide bonds. The average molecular weight is 540 g/mol. The van der Waals surface area contributed by atoms with Gasteiger partial charge >= 0.3 is 0 Å². The second-order valence-corrected chi connectivity index (χ2v) is 13.0. The highest BCUT2D eigenvalue weighted by atomic mass is 32.2. The van der Waals surface area contributed by atoms with Gasteiger partial charge in [-0.1, -0.05) is 30.7 Å². The molecule has 198 valence electrons. The smallest absolute Gasteiger partial charge is 0.262 e. The summed E-state index contributed by atoms with van der Waals surface area (Å²) in [4.78, 5) is 15.0. The average Bonchev–Trinajstić information content (AvgIpc) is 2.80. The van der Waals surface area contributed by atoms with Crippen molar-refractivity contribution in [3.05, 3.63) is 53.6 Å². The largest absolute Gasteiger partial charge is 0.486 e. The second-order valence-electron chi connectivity index (χ2n) is 9.27. The van der Waals surface area contributed by atoms with Crippen molar-refractivity contribution in [2.75, 3.05) is 37.7 Å². The molecule has 12 heteroatoms. The lowest BCUT2D eigenvalue weighted by Crippen LogP contribution is -2.50. The lowest BCUT2D eigenvalue weighted by Gasteiger charge is -2.38. The van der Waals surface area contributed by atoms with Crippen molar-refractivity contribution >= 4 is 31.6 Å². The van der Waals surface area contributed by atoms with Crippen molar-refractivity contribution in [1.82, 2.24) is 9.21 Å². The number of aliphatic hydroxyl groups excluding tert-OH is 1. The minimum Gasteiger partial charge on any atom is -0.486 e. The third kappa shape index (κ3) is 6.17. The number of amides is 1. The van der Waals surface area contributed by atoms with Crippen LogP contribution in [0, 0.1) is 12.8 Å². The van der Waals surface area contributed by atoms with E-state index in [1.165, 1.54) is 42.3 Å². The molecule has 0 saturated heterocycles. The third-order valence-electron chi connectivity index (χ3n) is 6.27. The van der Waals surface area contributed by atoms with Gasteiger partial charge in [0.1, 0.15) is 6.10 Å². The minimum absolute atomic E-state index is 0.00628. The van der Waals surface area contributed by atoms with Gasteiger partial charge in [0.15, 0.2) is 5.75 Å². The molecule has 0 unspecified atom stereocenters. The molecule has 0 bridgehead atoms. The fraction of sp³-hybridized carbons (Fsp3) is 0.458. The molecule has 1 heterocycles. The van der Waals surface area contributed by atoms with E-state index in [-0.39, 0.29) is 47.5 Å². The molecule has 0 spiro atoms. The predicted octanol–water partition coefficient (Wildman–Crippen LogP) is 1.91. The minimum atomic E-state index is -4.02. The number of sulfonamides is 2. The number of rotatable bonds is 8. The molecule has 2 aromatic carbocycles. The summed E-state index contributed by atoms with van der Waals surface area (Å²) in [6, 6.07) is 10.3. The molecular formula is C24H33N3O7S2. The first kappa shape index (κ1) is 27.9.